The maximum atomic E-state index is 12.0. The van der Waals surface area contributed by atoms with Crippen molar-refractivity contribution in [3.63, 3.8) is 0 Å². The van der Waals surface area contributed by atoms with Crippen molar-refractivity contribution in [2.45, 2.75) is 0 Å². The Hall–Kier alpha value is -1.79. The van der Waals surface area contributed by atoms with Crippen LogP contribution in [0.3, 0.4) is 0 Å². The fourth-order valence-electron chi connectivity index (χ4n) is 1.79. The van der Waals surface area contributed by atoms with Crippen molar-refractivity contribution < 1.29 is 9.59 Å². The van der Waals surface area contributed by atoms with Crippen LogP contribution in [0.4, 0.5) is 0 Å². The van der Waals surface area contributed by atoms with Gasteiger partial charge in [0.25, 0.3) is 11.8 Å². The van der Waals surface area contributed by atoms with E-state index in [-0.39, 0.29) is 11.8 Å². The molecule has 0 atom stereocenters. The molecule has 0 aliphatic carbocycles. The van der Waals surface area contributed by atoms with Crippen molar-refractivity contribution in [3.8, 4) is 0 Å². The molecule has 0 radical (unpaired) electrons. The maximum absolute atomic E-state index is 12.0. The van der Waals surface area contributed by atoms with E-state index in [4.69, 9.17) is 0 Å². The fourth-order valence-corrected chi connectivity index (χ4v) is 3.08. The molecule has 6 heteroatoms. The van der Waals surface area contributed by atoms with Crippen LogP contribution in [0.2, 0.25) is 0 Å². The molecule has 0 spiro atoms. The summed E-state index contributed by atoms with van der Waals surface area (Å²) in [6.45, 7) is 0. The van der Waals surface area contributed by atoms with E-state index in [1.54, 1.807) is 24.3 Å². The lowest BCUT2D eigenvalue weighted by molar-refractivity contribution is 0.0660. The first kappa shape index (κ1) is 12.3. The predicted octanol–water partition coefficient (Wildman–Crippen LogP) is 3.14. The molecule has 94 valence electrons. The Labute approximate surface area is 121 Å². The SMILES string of the molecule is O=C1c2ccccc2C(=O)N1/N=C\c1ccc(Br)s1. The van der Waals surface area contributed by atoms with Crippen LogP contribution >= 0.6 is 27.3 Å². The molecule has 0 unspecified atom stereocenters. The Morgan fingerprint density at radius 2 is 1.68 bits per heavy atom. The first-order valence-corrected chi connectivity index (χ1v) is 7.05. The highest BCUT2D eigenvalue weighted by molar-refractivity contribution is 9.11. The lowest BCUT2D eigenvalue weighted by Gasteiger charge is -2.04. The van der Waals surface area contributed by atoms with Crippen molar-refractivity contribution in [2.24, 2.45) is 5.10 Å². The molecule has 19 heavy (non-hydrogen) atoms. The van der Waals surface area contributed by atoms with Gasteiger partial charge in [-0.05, 0) is 40.2 Å². The third-order valence-electron chi connectivity index (χ3n) is 2.67. The molecule has 1 aliphatic rings. The Morgan fingerprint density at radius 1 is 1.05 bits per heavy atom. The monoisotopic (exact) mass is 334 g/mol. The standard InChI is InChI=1S/C13H7BrN2O2S/c14-11-6-5-8(19-11)7-15-16-12(17)9-3-1-2-4-10(9)13(16)18/h1-7H/b15-7-. The molecule has 0 saturated heterocycles. The van der Waals surface area contributed by atoms with E-state index < -0.39 is 0 Å². The molecule has 1 aromatic carbocycles. The molecule has 3 rings (SSSR count). The number of hydrogen-bond donors (Lipinski definition) is 0. The molecule has 2 heterocycles. The topological polar surface area (TPSA) is 49.7 Å². The summed E-state index contributed by atoms with van der Waals surface area (Å²) in [5.41, 5.74) is 0.800. The molecule has 0 saturated carbocycles. The van der Waals surface area contributed by atoms with Gasteiger partial charge in [-0.15, -0.1) is 11.3 Å². The van der Waals surface area contributed by atoms with Crippen LogP contribution in [0.25, 0.3) is 0 Å². The van der Waals surface area contributed by atoms with E-state index in [0.29, 0.717) is 11.1 Å². The van der Waals surface area contributed by atoms with Gasteiger partial charge in [-0.3, -0.25) is 9.59 Å². The Balaban J connectivity index is 1.90. The molecule has 2 amide bonds. The highest BCUT2D eigenvalue weighted by atomic mass is 79.9. The van der Waals surface area contributed by atoms with Crippen molar-refractivity contribution in [1.82, 2.24) is 5.01 Å². The number of carbonyl (C=O) groups excluding carboxylic acids is 2. The summed E-state index contributed by atoms with van der Waals surface area (Å²) >= 11 is 4.82. The van der Waals surface area contributed by atoms with Gasteiger partial charge in [0.2, 0.25) is 0 Å². The molecule has 2 aromatic rings. The minimum atomic E-state index is -0.382. The van der Waals surface area contributed by atoms with Gasteiger partial charge < -0.3 is 0 Å². The largest absolute Gasteiger partial charge is 0.282 e. The van der Waals surface area contributed by atoms with E-state index in [9.17, 15) is 9.59 Å². The average molecular weight is 335 g/mol. The molecular formula is C13H7BrN2O2S. The lowest BCUT2D eigenvalue weighted by Crippen LogP contribution is -2.23. The second-order valence-electron chi connectivity index (χ2n) is 3.85. The molecule has 0 fully saturated rings. The zero-order chi connectivity index (χ0) is 13.4. The lowest BCUT2D eigenvalue weighted by atomic mass is 10.1. The van der Waals surface area contributed by atoms with Gasteiger partial charge in [0.15, 0.2) is 0 Å². The van der Waals surface area contributed by atoms with E-state index in [1.807, 2.05) is 12.1 Å². The highest BCUT2D eigenvalue weighted by Crippen LogP contribution is 2.24. The number of thiophene rings is 1. The van der Waals surface area contributed by atoms with Crippen molar-refractivity contribution in [2.75, 3.05) is 0 Å². The minimum Gasteiger partial charge on any atom is -0.267 e. The van der Waals surface area contributed by atoms with Gasteiger partial charge in [-0.2, -0.15) is 10.1 Å². The van der Waals surface area contributed by atoms with Crippen LogP contribution in [-0.2, 0) is 0 Å². The van der Waals surface area contributed by atoms with E-state index in [0.717, 1.165) is 13.7 Å². The summed E-state index contributed by atoms with van der Waals surface area (Å²) in [5, 5.41) is 4.88. The smallest absolute Gasteiger partial charge is 0.267 e. The number of benzene rings is 1. The first-order valence-electron chi connectivity index (χ1n) is 5.44. The van der Waals surface area contributed by atoms with Crippen LogP contribution < -0.4 is 0 Å². The van der Waals surface area contributed by atoms with Crippen molar-refractivity contribution >= 4 is 45.3 Å². The van der Waals surface area contributed by atoms with Crippen molar-refractivity contribution in [3.05, 3.63) is 56.2 Å². The summed E-state index contributed by atoms with van der Waals surface area (Å²) in [4.78, 5) is 24.9. The maximum Gasteiger partial charge on any atom is 0.282 e. The first-order chi connectivity index (χ1) is 9.16. The normalized spacial score (nSPS) is 14.5. The van der Waals surface area contributed by atoms with Crippen molar-refractivity contribution in [1.29, 1.82) is 0 Å². The van der Waals surface area contributed by atoms with Gasteiger partial charge in [0.05, 0.1) is 21.1 Å². The second-order valence-corrected chi connectivity index (χ2v) is 6.35. The number of nitrogens with zero attached hydrogens (tertiary/aromatic N) is 2. The number of halogens is 1. The van der Waals surface area contributed by atoms with E-state index >= 15 is 0 Å². The van der Waals surface area contributed by atoms with Gasteiger partial charge in [0, 0.05) is 4.88 Å². The van der Waals surface area contributed by atoms with Crippen LogP contribution in [0.15, 0.2) is 45.3 Å². The third kappa shape index (κ3) is 2.13. The molecule has 1 aromatic heterocycles. The van der Waals surface area contributed by atoms with Gasteiger partial charge in [-0.1, -0.05) is 12.1 Å². The number of carbonyl (C=O) groups is 2. The zero-order valence-corrected chi connectivity index (χ0v) is 11.9. The Kier molecular flexibility index (Phi) is 3.04. The number of hydrazone groups is 1. The van der Waals surface area contributed by atoms with Crippen LogP contribution in [0.5, 0.6) is 0 Å². The summed E-state index contributed by atoms with van der Waals surface area (Å²) in [6.07, 6.45) is 1.51. The Morgan fingerprint density at radius 3 is 2.21 bits per heavy atom. The average Bonchev–Trinajstić information content (AvgIpc) is 2.93. The van der Waals surface area contributed by atoms with E-state index in [1.165, 1.54) is 17.6 Å². The molecular weight excluding hydrogens is 328 g/mol. The summed E-state index contributed by atoms with van der Waals surface area (Å²) in [6, 6.07) is 10.5. The number of fused-ring (bicyclic) bond motifs is 1. The van der Waals surface area contributed by atoms with Gasteiger partial charge >= 0.3 is 0 Å². The zero-order valence-electron chi connectivity index (χ0n) is 9.54. The summed E-state index contributed by atoms with van der Waals surface area (Å²) in [5.74, 6) is -0.764. The van der Waals surface area contributed by atoms with Gasteiger partial charge in [-0.25, -0.2) is 0 Å². The molecule has 4 nitrogen and oxygen atoms in total. The third-order valence-corrected chi connectivity index (χ3v) is 4.23. The minimum absolute atomic E-state index is 0.382. The summed E-state index contributed by atoms with van der Waals surface area (Å²) < 4.78 is 0.969. The number of amides is 2. The number of rotatable bonds is 2. The highest BCUT2D eigenvalue weighted by Gasteiger charge is 2.35. The number of hydrogen-bond acceptors (Lipinski definition) is 4. The quantitative estimate of drug-likeness (QED) is 0.625. The van der Waals surface area contributed by atoms with Crippen LogP contribution in [0.1, 0.15) is 25.6 Å². The van der Waals surface area contributed by atoms with Crippen LogP contribution in [0, 0.1) is 0 Å². The second kappa shape index (κ2) is 4.71. The predicted molar refractivity (Wildman–Crippen MR) is 76.6 cm³/mol. The molecule has 0 bridgehead atoms. The van der Waals surface area contributed by atoms with Crippen LogP contribution in [-0.4, -0.2) is 23.0 Å². The summed E-state index contributed by atoms with van der Waals surface area (Å²) in [7, 11) is 0. The molecule has 0 N–H and O–H groups in total. The Bertz CT molecular complexity index is 673. The van der Waals surface area contributed by atoms with E-state index in [2.05, 4.69) is 21.0 Å². The fraction of sp³-hybridized carbons (Fsp3) is 0. The number of imide groups is 1. The van der Waals surface area contributed by atoms with Gasteiger partial charge in [0.1, 0.15) is 0 Å². The molecule has 1 aliphatic heterocycles.